The summed E-state index contributed by atoms with van der Waals surface area (Å²) in [6.45, 7) is 2.37. The maximum atomic E-state index is 12.4. The molecular weight excluding hydrogens is 338 g/mol. The average Bonchev–Trinajstić information content (AvgIpc) is 2.63. The molecule has 0 aliphatic heterocycles. The standard InChI is InChI=1S/C22H27N3O2/c1-16-10-12-18(13-11-16)23-21(26)14-25(2)15-22(27)24-20-9-5-7-17-6-3-4-8-19(17)20/h3-4,6,8,10-13,20H,5,7,9,14-15H2,1-2H3,(H,23,26)(H,24,27)/t20-/m1/s1. The molecule has 0 aromatic heterocycles. The molecule has 0 spiro atoms. The average molecular weight is 365 g/mol. The molecule has 0 unspecified atom stereocenters. The largest absolute Gasteiger partial charge is 0.348 e. The number of anilines is 1. The lowest BCUT2D eigenvalue weighted by Gasteiger charge is -2.27. The van der Waals surface area contributed by atoms with Crippen LogP contribution in [0.5, 0.6) is 0 Å². The lowest BCUT2D eigenvalue weighted by Crippen LogP contribution is -2.40. The molecule has 1 aliphatic carbocycles. The van der Waals surface area contributed by atoms with Gasteiger partial charge in [0.25, 0.3) is 0 Å². The molecule has 0 heterocycles. The van der Waals surface area contributed by atoms with Crippen molar-refractivity contribution < 1.29 is 9.59 Å². The van der Waals surface area contributed by atoms with Gasteiger partial charge in [-0.3, -0.25) is 14.5 Å². The third kappa shape index (κ3) is 5.41. The quantitative estimate of drug-likeness (QED) is 0.827. The van der Waals surface area contributed by atoms with Crippen molar-refractivity contribution in [2.75, 3.05) is 25.5 Å². The number of nitrogens with one attached hydrogen (secondary N) is 2. The number of likely N-dealkylation sites (N-methyl/N-ethyl adjacent to an activating group) is 1. The SMILES string of the molecule is Cc1ccc(NC(=O)CN(C)CC(=O)N[C@@H]2CCCc3ccccc32)cc1. The molecule has 2 aromatic rings. The van der Waals surface area contributed by atoms with E-state index >= 15 is 0 Å². The van der Waals surface area contributed by atoms with Crippen LogP contribution in [0.2, 0.25) is 0 Å². The van der Waals surface area contributed by atoms with E-state index < -0.39 is 0 Å². The van der Waals surface area contributed by atoms with Crippen molar-refractivity contribution >= 4 is 17.5 Å². The van der Waals surface area contributed by atoms with Crippen molar-refractivity contribution in [1.82, 2.24) is 10.2 Å². The number of benzene rings is 2. The molecule has 0 fully saturated rings. The van der Waals surface area contributed by atoms with Gasteiger partial charge in [-0.05, 0) is 56.5 Å². The first-order valence-electron chi connectivity index (χ1n) is 9.43. The lowest BCUT2D eigenvalue weighted by molar-refractivity contribution is -0.123. The smallest absolute Gasteiger partial charge is 0.238 e. The Bertz CT molecular complexity index is 801. The van der Waals surface area contributed by atoms with Gasteiger partial charge in [-0.15, -0.1) is 0 Å². The Morgan fingerprint density at radius 1 is 1.04 bits per heavy atom. The minimum absolute atomic E-state index is 0.0534. The van der Waals surface area contributed by atoms with Gasteiger partial charge in [0, 0.05) is 5.69 Å². The maximum Gasteiger partial charge on any atom is 0.238 e. The van der Waals surface area contributed by atoms with Gasteiger partial charge in [0.2, 0.25) is 11.8 Å². The number of hydrogen-bond donors (Lipinski definition) is 2. The Labute approximate surface area is 160 Å². The zero-order valence-corrected chi connectivity index (χ0v) is 16.0. The summed E-state index contributed by atoms with van der Waals surface area (Å²) in [5.74, 6) is -0.181. The molecular formula is C22H27N3O2. The number of amides is 2. The van der Waals surface area contributed by atoms with Crippen LogP contribution in [-0.2, 0) is 16.0 Å². The molecule has 2 N–H and O–H groups in total. The minimum atomic E-state index is -0.128. The molecule has 1 atom stereocenters. The van der Waals surface area contributed by atoms with Gasteiger partial charge >= 0.3 is 0 Å². The molecule has 3 rings (SSSR count). The van der Waals surface area contributed by atoms with Gasteiger partial charge in [0.1, 0.15) is 0 Å². The fourth-order valence-electron chi connectivity index (χ4n) is 3.53. The third-order valence-corrected chi connectivity index (χ3v) is 4.87. The summed E-state index contributed by atoms with van der Waals surface area (Å²) in [6.07, 6.45) is 3.11. The van der Waals surface area contributed by atoms with E-state index in [0.29, 0.717) is 0 Å². The van der Waals surface area contributed by atoms with Gasteiger partial charge in [0.05, 0.1) is 19.1 Å². The first-order valence-corrected chi connectivity index (χ1v) is 9.43. The molecule has 0 saturated heterocycles. The second-order valence-electron chi connectivity index (χ2n) is 7.30. The Kier molecular flexibility index (Phi) is 6.24. The van der Waals surface area contributed by atoms with Crippen LogP contribution in [0, 0.1) is 6.92 Å². The number of carbonyl (C=O) groups is 2. The van der Waals surface area contributed by atoms with Crippen LogP contribution in [0.25, 0.3) is 0 Å². The van der Waals surface area contributed by atoms with E-state index in [1.807, 2.05) is 43.3 Å². The van der Waals surface area contributed by atoms with Crippen LogP contribution >= 0.6 is 0 Å². The van der Waals surface area contributed by atoms with E-state index in [0.717, 1.165) is 30.5 Å². The summed E-state index contributed by atoms with van der Waals surface area (Å²) in [6, 6.07) is 16.0. The van der Waals surface area contributed by atoms with Crippen molar-refractivity contribution in [1.29, 1.82) is 0 Å². The molecule has 2 amide bonds. The number of nitrogens with zero attached hydrogens (tertiary/aromatic N) is 1. The minimum Gasteiger partial charge on any atom is -0.348 e. The highest BCUT2D eigenvalue weighted by Crippen LogP contribution is 2.29. The fourth-order valence-corrected chi connectivity index (χ4v) is 3.53. The first kappa shape index (κ1) is 19.1. The normalized spacial score (nSPS) is 15.9. The van der Waals surface area contributed by atoms with Gasteiger partial charge < -0.3 is 10.6 Å². The molecule has 0 bridgehead atoms. The highest BCUT2D eigenvalue weighted by atomic mass is 16.2. The van der Waals surface area contributed by atoms with E-state index in [4.69, 9.17) is 0 Å². The molecule has 5 nitrogen and oxygen atoms in total. The molecule has 2 aromatic carbocycles. The Morgan fingerprint density at radius 3 is 2.52 bits per heavy atom. The van der Waals surface area contributed by atoms with Crippen molar-refractivity contribution in [3.8, 4) is 0 Å². The number of fused-ring (bicyclic) bond motifs is 1. The Hall–Kier alpha value is -2.66. The van der Waals surface area contributed by atoms with E-state index in [-0.39, 0.29) is 30.9 Å². The second-order valence-corrected chi connectivity index (χ2v) is 7.30. The highest BCUT2D eigenvalue weighted by Gasteiger charge is 2.22. The lowest BCUT2D eigenvalue weighted by atomic mass is 9.88. The zero-order chi connectivity index (χ0) is 19.2. The van der Waals surface area contributed by atoms with Crippen LogP contribution in [0.15, 0.2) is 48.5 Å². The van der Waals surface area contributed by atoms with Crippen LogP contribution < -0.4 is 10.6 Å². The fraction of sp³-hybridized carbons (Fsp3) is 0.364. The summed E-state index contributed by atoms with van der Waals surface area (Å²) in [7, 11) is 1.78. The van der Waals surface area contributed by atoms with Crippen LogP contribution in [0.1, 0.15) is 35.6 Å². The van der Waals surface area contributed by atoms with Crippen LogP contribution in [0.4, 0.5) is 5.69 Å². The summed E-state index contributed by atoms with van der Waals surface area (Å²) >= 11 is 0. The summed E-state index contributed by atoms with van der Waals surface area (Å²) in [4.78, 5) is 26.3. The molecule has 5 heteroatoms. The summed E-state index contributed by atoms with van der Waals surface area (Å²) in [5, 5.41) is 5.98. The Morgan fingerprint density at radius 2 is 1.74 bits per heavy atom. The Balaban J connectivity index is 1.48. The number of hydrogen-bond acceptors (Lipinski definition) is 3. The predicted molar refractivity (Wildman–Crippen MR) is 108 cm³/mol. The molecule has 142 valence electrons. The van der Waals surface area contributed by atoms with Gasteiger partial charge in [-0.2, -0.15) is 0 Å². The topological polar surface area (TPSA) is 61.4 Å². The van der Waals surface area contributed by atoms with Crippen molar-refractivity contribution in [3.05, 3.63) is 65.2 Å². The monoisotopic (exact) mass is 365 g/mol. The number of carbonyl (C=O) groups excluding carboxylic acids is 2. The van der Waals surface area contributed by atoms with E-state index in [1.54, 1.807) is 11.9 Å². The van der Waals surface area contributed by atoms with E-state index in [2.05, 4.69) is 22.8 Å². The first-order chi connectivity index (χ1) is 13.0. The van der Waals surface area contributed by atoms with Crippen molar-refractivity contribution in [3.63, 3.8) is 0 Å². The van der Waals surface area contributed by atoms with E-state index in [9.17, 15) is 9.59 Å². The van der Waals surface area contributed by atoms with Crippen molar-refractivity contribution in [2.45, 2.75) is 32.2 Å². The van der Waals surface area contributed by atoms with E-state index in [1.165, 1.54) is 11.1 Å². The number of rotatable bonds is 6. The van der Waals surface area contributed by atoms with Crippen LogP contribution in [0.3, 0.4) is 0 Å². The molecule has 27 heavy (non-hydrogen) atoms. The predicted octanol–water partition coefficient (Wildman–Crippen LogP) is 3.06. The van der Waals surface area contributed by atoms with Gasteiger partial charge in [-0.1, -0.05) is 42.0 Å². The molecule has 0 radical (unpaired) electrons. The second kappa shape index (κ2) is 8.82. The van der Waals surface area contributed by atoms with Crippen molar-refractivity contribution in [2.24, 2.45) is 0 Å². The van der Waals surface area contributed by atoms with Gasteiger partial charge in [0.15, 0.2) is 0 Å². The number of aryl methyl sites for hydroxylation is 2. The van der Waals surface area contributed by atoms with Crippen LogP contribution in [-0.4, -0.2) is 36.9 Å². The highest BCUT2D eigenvalue weighted by molar-refractivity contribution is 5.92. The third-order valence-electron chi connectivity index (χ3n) is 4.87. The summed E-state index contributed by atoms with van der Waals surface area (Å²) in [5.41, 5.74) is 4.45. The molecule has 0 saturated carbocycles. The van der Waals surface area contributed by atoms with Gasteiger partial charge in [-0.25, -0.2) is 0 Å². The maximum absolute atomic E-state index is 12.4. The molecule has 1 aliphatic rings. The summed E-state index contributed by atoms with van der Waals surface area (Å²) < 4.78 is 0. The zero-order valence-electron chi connectivity index (χ0n) is 16.0.